The fourth-order valence-corrected chi connectivity index (χ4v) is 4.50. The zero-order valence-corrected chi connectivity index (χ0v) is 11.7. The van der Waals surface area contributed by atoms with Crippen molar-refractivity contribution in [3.8, 4) is 0 Å². The standard InChI is InChI=1S/C12H19NOS2/c1-8(14-3)7-13-11-6-9(2)16-12-10(11)4-5-15-12/h4-5,8-9,11,13H,6-7H2,1-3H3/t8?,9-,11?/m0/s1. The average Bonchev–Trinajstić information content (AvgIpc) is 2.73. The van der Waals surface area contributed by atoms with E-state index in [0.717, 1.165) is 6.54 Å². The average molecular weight is 257 g/mol. The maximum atomic E-state index is 5.27. The van der Waals surface area contributed by atoms with Crippen molar-refractivity contribution in [2.45, 2.75) is 41.9 Å². The summed E-state index contributed by atoms with van der Waals surface area (Å²) in [5.74, 6) is 0. The maximum Gasteiger partial charge on any atom is 0.0667 e. The Morgan fingerprint density at radius 3 is 3.19 bits per heavy atom. The van der Waals surface area contributed by atoms with Crippen molar-refractivity contribution in [2.24, 2.45) is 0 Å². The van der Waals surface area contributed by atoms with Crippen LogP contribution in [0.15, 0.2) is 15.7 Å². The Balaban J connectivity index is 2.00. The van der Waals surface area contributed by atoms with Gasteiger partial charge in [0.05, 0.1) is 10.3 Å². The molecule has 1 aliphatic heterocycles. The molecule has 0 aromatic carbocycles. The van der Waals surface area contributed by atoms with Crippen molar-refractivity contribution in [3.05, 3.63) is 17.0 Å². The lowest BCUT2D eigenvalue weighted by Gasteiger charge is -2.28. The lowest BCUT2D eigenvalue weighted by molar-refractivity contribution is 0.113. The molecule has 0 spiro atoms. The van der Waals surface area contributed by atoms with Gasteiger partial charge < -0.3 is 10.1 Å². The van der Waals surface area contributed by atoms with Gasteiger partial charge >= 0.3 is 0 Å². The molecule has 16 heavy (non-hydrogen) atoms. The molecule has 3 atom stereocenters. The zero-order chi connectivity index (χ0) is 11.5. The summed E-state index contributed by atoms with van der Waals surface area (Å²) in [5.41, 5.74) is 1.48. The molecule has 0 fully saturated rings. The number of ether oxygens (including phenoxy) is 1. The molecular weight excluding hydrogens is 238 g/mol. The number of thiophene rings is 1. The molecule has 1 aromatic rings. The van der Waals surface area contributed by atoms with E-state index in [-0.39, 0.29) is 6.10 Å². The van der Waals surface area contributed by atoms with Crippen LogP contribution in [-0.4, -0.2) is 25.0 Å². The Bertz CT molecular complexity index is 340. The molecular formula is C12H19NOS2. The lowest BCUT2D eigenvalue weighted by atomic mass is 10.0. The summed E-state index contributed by atoms with van der Waals surface area (Å²) >= 11 is 3.87. The summed E-state index contributed by atoms with van der Waals surface area (Å²) in [7, 11) is 1.77. The van der Waals surface area contributed by atoms with Crippen LogP contribution < -0.4 is 5.32 Å². The van der Waals surface area contributed by atoms with Crippen molar-refractivity contribution in [1.82, 2.24) is 5.32 Å². The van der Waals surface area contributed by atoms with Crippen LogP contribution in [-0.2, 0) is 4.74 Å². The molecule has 1 N–H and O–H groups in total. The van der Waals surface area contributed by atoms with Crippen LogP contribution in [0.3, 0.4) is 0 Å². The molecule has 2 unspecified atom stereocenters. The normalized spacial score (nSPS) is 26.4. The second-order valence-electron chi connectivity index (χ2n) is 4.33. The molecule has 2 heterocycles. The van der Waals surface area contributed by atoms with Crippen LogP contribution in [0.1, 0.15) is 31.9 Å². The molecule has 0 aliphatic carbocycles. The highest BCUT2D eigenvalue weighted by Crippen LogP contribution is 2.43. The Kier molecular flexibility index (Phi) is 4.30. The highest BCUT2D eigenvalue weighted by molar-refractivity contribution is 8.01. The van der Waals surface area contributed by atoms with Crippen LogP contribution in [0, 0.1) is 0 Å². The highest BCUT2D eigenvalue weighted by Gasteiger charge is 2.25. The monoisotopic (exact) mass is 257 g/mol. The summed E-state index contributed by atoms with van der Waals surface area (Å²) in [4.78, 5) is 0. The molecule has 90 valence electrons. The molecule has 0 bridgehead atoms. The van der Waals surface area contributed by atoms with Crippen LogP contribution in [0.25, 0.3) is 0 Å². The molecule has 0 saturated carbocycles. The minimum atomic E-state index is 0.284. The van der Waals surface area contributed by atoms with Gasteiger partial charge in [0.1, 0.15) is 0 Å². The second kappa shape index (κ2) is 5.54. The summed E-state index contributed by atoms with van der Waals surface area (Å²) in [6, 6.07) is 2.77. The summed E-state index contributed by atoms with van der Waals surface area (Å²) < 4.78 is 6.76. The number of methoxy groups -OCH3 is 1. The van der Waals surface area contributed by atoms with Gasteiger partial charge in [-0.05, 0) is 30.4 Å². The summed E-state index contributed by atoms with van der Waals surface area (Å²) in [6.45, 7) is 5.33. The lowest BCUT2D eigenvalue weighted by Crippen LogP contribution is -2.32. The smallest absolute Gasteiger partial charge is 0.0667 e. The third-order valence-electron chi connectivity index (χ3n) is 2.96. The van der Waals surface area contributed by atoms with Gasteiger partial charge in [0.15, 0.2) is 0 Å². The largest absolute Gasteiger partial charge is 0.380 e. The van der Waals surface area contributed by atoms with E-state index in [1.165, 1.54) is 16.2 Å². The third-order valence-corrected chi connectivity index (χ3v) is 5.31. The molecule has 2 rings (SSSR count). The summed E-state index contributed by atoms with van der Waals surface area (Å²) in [5, 5.41) is 6.52. The molecule has 1 aromatic heterocycles. The van der Waals surface area contributed by atoms with Crippen molar-refractivity contribution in [3.63, 3.8) is 0 Å². The zero-order valence-electron chi connectivity index (χ0n) is 10.0. The first-order valence-corrected chi connectivity index (χ1v) is 7.47. The number of hydrogen-bond donors (Lipinski definition) is 1. The number of thioether (sulfide) groups is 1. The van der Waals surface area contributed by atoms with Crippen molar-refractivity contribution < 1.29 is 4.74 Å². The number of hydrogen-bond acceptors (Lipinski definition) is 4. The van der Waals surface area contributed by atoms with E-state index >= 15 is 0 Å². The van der Waals surface area contributed by atoms with E-state index in [1.54, 1.807) is 7.11 Å². The number of fused-ring (bicyclic) bond motifs is 1. The topological polar surface area (TPSA) is 21.3 Å². The van der Waals surface area contributed by atoms with E-state index in [2.05, 4.69) is 30.6 Å². The highest BCUT2D eigenvalue weighted by atomic mass is 32.2. The molecule has 0 radical (unpaired) electrons. The molecule has 1 aliphatic rings. The van der Waals surface area contributed by atoms with Gasteiger partial charge in [0.2, 0.25) is 0 Å². The van der Waals surface area contributed by atoms with Crippen LogP contribution in [0.2, 0.25) is 0 Å². The van der Waals surface area contributed by atoms with Gasteiger partial charge in [-0.1, -0.05) is 6.92 Å². The molecule has 4 heteroatoms. The first kappa shape index (κ1) is 12.4. The Morgan fingerprint density at radius 2 is 2.44 bits per heavy atom. The quantitative estimate of drug-likeness (QED) is 0.894. The van der Waals surface area contributed by atoms with Crippen molar-refractivity contribution in [2.75, 3.05) is 13.7 Å². The Hall–Kier alpha value is -0.0300. The minimum absolute atomic E-state index is 0.284. The van der Waals surface area contributed by atoms with Crippen molar-refractivity contribution >= 4 is 23.1 Å². The SMILES string of the molecule is COC(C)CNC1C[C@H](C)Sc2sccc21. The van der Waals surface area contributed by atoms with E-state index in [1.807, 2.05) is 23.1 Å². The van der Waals surface area contributed by atoms with E-state index in [9.17, 15) is 0 Å². The minimum Gasteiger partial charge on any atom is -0.380 e. The van der Waals surface area contributed by atoms with Crippen molar-refractivity contribution in [1.29, 1.82) is 0 Å². The van der Waals surface area contributed by atoms with Gasteiger partial charge in [0.25, 0.3) is 0 Å². The Labute approximate surface area is 106 Å². The van der Waals surface area contributed by atoms with Gasteiger partial charge in [-0.25, -0.2) is 0 Å². The third kappa shape index (κ3) is 2.80. The fourth-order valence-electron chi connectivity index (χ4n) is 1.93. The van der Waals surface area contributed by atoms with Gasteiger partial charge in [0, 0.05) is 24.9 Å². The van der Waals surface area contributed by atoms with Gasteiger partial charge in [-0.2, -0.15) is 0 Å². The van der Waals surface area contributed by atoms with Gasteiger partial charge in [-0.15, -0.1) is 23.1 Å². The van der Waals surface area contributed by atoms with E-state index in [0.29, 0.717) is 11.3 Å². The Morgan fingerprint density at radius 1 is 1.62 bits per heavy atom. The van der Waals surface area contributed by atoms with Gasteiger partial charge in [-0.3, -0.25) is 0 Å². The van der Waals surface area contributed by atoms with E-state index in [4.69, 9.17) is 4.74 Å². The second-order valence-corrected chi connectivity index (χ2v) is 6.96. The van der Waals surface area contributed by atoms with E-state index < -0.39 is 0 Å². The van der Waals surface area contributed by atoms with Crippen LogP contribution in [0.5, 0.6) is 0 Å². The predicted molar refractivity (Wildman–Crippen MR) is 71.5 cm³/mol. The molecule has 0 saturated heterocycles. The number of nitrogens with one attached hydrogen (secondary N) is 1. The summed E-state index contributed by atoms with van der Waals surface area (Å²) in [6.07, 6.45) is 1.50. The number of rotatable bonds is 4. The first-order valence-electron chi connectivity index (χ1n) is 5.71. The van der Waals surface area contributed by atoms with Crippen LogP contribution in [0.4, 0.5) is 0 Å². The van der Waals surface area contributed by atoms with Crippen LogP contribution >= 0.6 is 23.1 Å². The molecule has 0 amide bonds. The molecule has 2 nitrogen and oxygen atoms in total. The first-order chi connectivity index (χ1) is 7.70. The fraction of sp³-hybridized carbons (Fsp3) is 0.667. The predicted octanol–water partition coefficient (Wildman–Crippen LogP) is 3.30. The maximum absolute atomic E-state index is 5.27.